The highest BCUT2D eigenvalue weighted by Crippen LogP contribution is 2.59. The number of benzene rings is 1. The molecule has 2 nitrogen and oxygen atoms in total. The largest absolute Gasteiger partial charge is 0.493 e. The van der Waals surface area contributed by atoms with Gasteiger partial charge >= 0.3 is 0 Å². The van der Waals surface area contributed by atoms with Gasteiger partial charge in [0.05, 0.1) is 7.11 Å². The van der Waals surface area contributed by atoms with Crippen LogP contribution < -0.4 is 10.5 Å². The Morgan fingerprint density at radius 1 is 1.38 bits per heavy atom. The topological polar surface area (TPSA) is 35.2 Å². The molecular weight excluding hydrogens is 205 g/mol. The maximum atomic E-state index is 13.6. The number of hydrogen-bond acceptors (Lipinski definition) is 2. The van der Waals surface area contributed by atoms with Crippen LogP contribution in [-0.4, -0.2) is 7.11 Å². The Balaban J connectivity index is 2.02. The van der Waals surface area contributed by atoms with Crippen molar-refractivity contribution < 1.29 is 9.13 Å². The Kier molecular flexibility index (Phi) is 2.02. The maximum absolute atomic E-state index is 13.6. The van der Waals surface area contributed by atoms with Gasteiger partial charge in [-0.1, -0.05) is 12.1 Å². The average Bonchev–Trinajstić information content (AvgIpc) is 2.87. The van der Waals surface area contributed by atoms with Gasteiger partial charge in [0.1, 0.15) is 0 Å². The van der Waals surface area contributed by atoms with Crippen LogP contribution in [0.1, 0.15) is 24.8 Å². The van der Waals surface area contributed by atoms with E-state index in [0.29, 0.717) is 5.75 Å². The standard InChI is InChI=1S/C13H16FNO/c1-16-12-10(3-2-4-11(12)14)13(15)6-8-5-9(8)7-13/h2-4,8-9H,5-7,15H2,1H3. The predicted octanol–water partition coefficient (Wildman–Crippen LogP) is 2.42. The summed E-state index contributed by atoms with van der Waals surface area (Å²) in [5, 5.41) is 0. The molecule has 0 aliphatic heterocycles. The van der Waals surface area contributed by atoms with Gasteiger partial charge in [-0.3, -0.25) is 0 Å². The van der Waals surface area contributed by atoms with Crippen molar-refractivity contribution in [3.05, 3.63) is 29.6 Å². The van der Waals surface area contributed by atoms with Crippen LogP contribution in [0.2, 0.25) is 0 Å². The summed E-state index contributed by atoms with van der Waals surface area (Å²) in [6.07, 6.45) is 3.24. The highest BCUT2D eigenvalue weighted by atomic mass is 19.1. The third kappa shape index (κ3) is 1.34. The van der Waals surface area contributed by atoms with Crippen LogP contribution in [0.3, 0.4) is 0 Å². The number of fused-ring (bicyclic) bond motifs is 1. The van der Waals surface area contributed by atoms with Gasteiger partial charge in [-0.2, -0.15) is 0 Å². The molecule has 3 heteroatoms. The lowest BCUT2D eigenvalue weighted by Crippen LogP contribution is -2.35. The lowest BCUT2D eigenvalue weighted by atomic mass is 9.85. The summed E-state index contributed by atoms with van der Waals surface area (Å²) >= 11 is 0. The van der Waals surface area contributed by atoms with Gasteiger partial charge < -0.3 is 10.5 Å². The summed E-state index contributed by atoms with van der Waals surface area (Å²) in [4.78, 5) is 0. The van der Waals surface area contributed by atoms with E-state index in [0.717, 1.165) is 30.2 Å². The van der Waals surface area contributed by atoms with E-state index in [-0.39, 0.29) is 11.4 Å². The Morgan fingerprint density at radius 2 is 2.06 bits per heavy atom. The third-order valence-electron chi connectivity index (χ3n) is 4.03. The first kappa shape index (κ1) is 10.1. The molecule has 2 aliphatic carbocycles. The van der Waals surface area contributed by atoms with Crippen LogP contribution >= 0.6 is 0 Å². The van der Waals surface area contributed by atoms with E-state index in [9.17, 15) is 4.39 Å². The van der Waals surface area contributed by atoms with E-state index >= 15 is 0 Å². The van der Waals surface area contributed by atoms with Crippen molar-refractivity contribution in [2.45, 2.75) is 24.8 Å². The fourth-order valence-corrected chi connectivity index (χ4v) is 3.16. The van der Waals surface area contributed by atoms with Gasteiger partial charge in [0, 0.05) is 11.1 Å². The monoisotopic (exact) mass is 221 g/mol. The lowest BCUT2D eigenvalue weighted by Gasteiger charge is -2.28. The molecule has 2 N–H and O–H groups in total. The number of hydrogen-bond donors (Lipinski definition) is 1. The summed E-state index contributed by atoms with van der Waals surface area (Å²) in [6, 6.07) is 5.03. The van der Waals surface area contributed by atoms with Gasteiger partial charge in [0.2, 0.25) is 0 Å². The second kappa shape index (κ2) is 3.20. The quantitative estimate of drug-likeness (QED) is 0.832. The number of para-hydroxylation sites is 1. The highest BCUT2D eigenvalue weighted by Gasteiger charge is 2.53. The number of rotatable bonds is 2. The number of ether oxygens (including phenoxy) is 1. The normalized spacial score (nSPS) is 35.9. The zero-order valence-electron chi connectivity index (χ0n) is 9.37. The van der Waals surface area contributed by atoms with Crippen molar-refractivity contribution in [1.82, 2.24) is 0 Å². The molecule has 2 aliphatic rings. The molecule has 1 aromatic carbocycles. The first-order chi connectivity index (χ1) is 7.64. The number of halogens is 1. The molecule has 2 saturated carbocycles. The molecule has 2 unspecified atom stereocenters. The van der Waals surface area contributed by atoms with Crippen LogP contribution in [0.4, 0.5) is 4.39 Å². The Hall–Kier alpha value is -1.09. The second-order valence-electron chi connectivity index (χ2n) is 5.14. The van der Waals surface area contributed by atoms with E-state index in [2.05, 4.69) is 0 Å². The molecule has 16 heavy (non-hydrogen) atoms. The minimum atomic E-state index is -0.374. The van der Waals surface area contributed by atoms with Crippen molar-refractivity contribution in [2.75, 3.05) is 7.11 Å². The second-order valence-corrected chi connectivity index (χ2v) is 5.14. The fourth-order valence-electron chi connectivity index (χ4n) is 3.16. The van der Waals surface area contributed by atoms with Crippen molar-refractivity contribution in [1.29, 1.82) is 0 Å². The van der Waals surface area contributed by atoms with E-state index < -0.39 is 0 Å². The SMILES string of the molecule is COc1c(F)cccc1C1(N)CC2CC2C1. The summed E-state index contributed by atoms with van der Waals surface area (Å²) in [7, 11) is 1.50. The maximum Gasteiger partial charge on any atom is 0.165 e. The molecule has 0 saturated heterocycles. The van der Waals surface area contributed by atoms with E-state index in [1.165, 1.54) is 19.6 Å². The van der Waals surface area contributed by atoms with Crippen molar-refractivity contribution in [2.24, 2.45) is 17.6 Å². The van der Waals surface area contributed by atoms with Crippen LogP contribution in [0.5, 0.6) is 5.75 Å². The summed E-state index contributed by atoms with van der Waals surface area (Å²) in [6.45, 7) is 0. The molecule has 2 fully saturated rings. The third-order valence-corrected chi connectivity index (χ3v) is 4.03. The Labute approximate surface area is 94.6 Å². The van der Waals surface area contributed by atoms with Crippen molar-refractivity contribution in [3.63, 3.8) is 0 Å². The number of nitrogens with two attached hydrogens (primary N) is 1. The predicted molar refractivity (Wildman–Crippen MR) is 59.6 cm³/mol. The molecule has 2 atom stereocenters. The molecule has 3 rings (SSSR count). The van der Waals surface area contributed by atoms with Crippen molar-refractivity contribution >= 4 is 0 Å². The smallest absolute Gasteiger partial charge is 0.165 e. The van der Waals surface area contributed by atoms with Gasteiger partial charge in [-0.05, 0) is 37.2 Å². The minimum Gasteiger partial charge on any atom is -0.493 e. The molecule has 0 heterocycles. The van der Waals surface area contributed by atoms with Crippen LogP contribution in [0.15, 0.2) is 18.2 Å². The van der Waals surface area contributed by atoms with Gasteiger partial charge in [-0.25, -0.2) is 4.39 Å². The number of methoxy groups -OCH3 is 1. The average molecular weight is 221 g/mol. The Bertz CT molecular complexity index is 422. The summed E-state index contributed by atoms with van der Waals surface area (Å²) < 4.78 is 18.8. The zero-order valence-corrected chi connectivity index (χ0v) is 9.37. The van der Waals surface area contributed by atoms with E-state index in [1.807, 2.05) is 6.07 Å². The first-order valence-corrected chi connectivity index (χ1v) is 5.76. The molecule has 0 radical (unpaired) electrons. The molecule has 0 bridgehead atoms. The fraction of sp³-hybridized carbons (Fsp3) is 0.538. The summed E-state index contributed by atoms with van der Waals surface area (Å²) in [5.41, 5.74) is 6.86. The van der Waals surface area contributed by atoms with Gasteiger partial charge in [0.25, 0.3) is 0 Å². The lowest BCUT2D eigenvalue weighted by molar-refractivity contribution is 0.345. The summed E-state index contributed by atoms with van der Waals surface area (Å²) in [5.74, 6) is 1.53. The molecular formula is C13H16FNO. The highest BCUT2D eigenvalue weighted by molar-refractivity contribution is 5.41. The molecule has 0 amide bonds. The molecule has 1 aromatic rings. The molecule has 0 spiro atoms. The van der Waals surface area contributed by atoms with E-state index in [1.54, 1.807) is 6.07 Å². The van der Waals surface area contributed by atoms with Crippen LogP contribution in [-0.2, 0) is 5.54 Å². The van der Waals surface area contributed by atoms with E-state index in [4.69, 9.17) is 10.5 Å². The van der Waals surface area contributed by atoms with Crippen molar-refractivity contribution in [3.8, 4) is 5.75 Å². The first-order valence-electron chi connectivity index (χ1n) is 5.76. The molecule has 86 valence electrons. The molecule has 0 aromatic heterocycles. The Morgan fingerprint density at radius 3 is 2.69 bits per heavy atom. The van der Waals surface area contributed by atoms with Gasteiger partial charge in [-0.15, -0.1) is 0 Å². The minimum absolute atomic E-state index is 0.314. The van der Waals surface area contributed by atoms with Gasteiger partial charge in [0.15, 0.2) is 11.6 Å². The van der Waals surface area contributed by atoms with Crippen LogP contribution in [0.25, 0.3) is 0 Å². The zero-order chi connectivity index (χ0) is 11.3. The van der Waals surface area contributed by atoms with Crippen LogP contribution in [0, 0.1) is 17.7 Å².